The standard InChI is InChI=1S/C14H20N2O3/c1-9(2)7-11(15)14(17)16-10-3-4-12-13(8-10)19-6-5-18-12/h3-4,8-9,11H,5-7,15H2,1-2H3,(H,16,17)/t11-/m1/s1. The van der Waals surface area contributed by atoms with Gasteiger partial charge in [0.15, 0.2) is 11.5 Å². The fourth-order valence-corrected chi connectivity index (χ4v) is 1.97. The van der Waals surface area contributed by atoms with Gasteiger partial charge in [0.25, 0.3) is 0 Å². The molecule has 0 bridgehead atoms. The van der Waals surface area contributed by atoms with Crippen LogP contribution in [-0.4, -0.2) is 25.2 Å². The largest absolute Gasteiger partial charge is 0.486 e. The van der Waals surface area contributed by atoms with Gasteiger partial charge in [-0.25, -0.2) is 0 Å². The molecular formula is C14H20N2O3. The summed E-state index contributed by atoms with van der Waals surface area (Å²) < 4.78 is 10.9. The van der Waals surface area contributed by atoms with Crippen LogP contribution in [0, 0.1) is 5.92 Å². The average molecular weight is 264 g/mol. The first-order valence-corrected chi connectivity index (χ1v) is 6.52. The fourth-order valence-electron chi connectivity index (χ4n) is 1.97. The van der Waals surface area contributed by atoms with Crippen LogP contribution < -0.4 is 20.5 Å². The molecule has 0 saturated carbocycles. The van der Waals surface area contributed by atoms with Crippen LogP contribution in [0.3, 0.4) is 0 Å². The first kappa shape index (κ1) is 13.7. The number of rotatable bonds is 4. The molecule has 0 aliphatic carbocycles. The molecule has 1 aliphatic heterocycles. The maximum absolute atomic E-state index is 11.9. The molecule has 0 radical (unpaired) electrons. The molecule has 0 spiro atoms. The number of carbonyl (C=O) groups excluding carboxylic acids is 1. The summed E-state index contributed by atoms with van der Waals surface area (Å²) in [4.78, 5) is 11.9. The molecule has 0 saturated heterocycles. The molecule has 3 N–H and O–H groups in total. The first-order chi connectivity index (χ1) is 9.06. The van der Waals surface area contributed by atoms with E-state index in [1.807, 2.05) is 13.8 Å². The highest BCUT2D eigenvalue weighted by Gasteiger charge is 2.17. The van der Waals surface area contributed by atoms with Crippen molar-refractivity contribution in [2.24, 2.45) is 11.7 Å². The number of ether oxygens (including phenoxy) is 2. The number of amides is 1. The molecule has 0 aromatic heterocycles. The number of anilines is 1. The maximum atomic E-state index is 11.9. The van der Waals surface area contributed by atoms with E-state index in [9.17, 15) is 4.79 Å². The van der Waals surface area contributed by atoms with E-state index in [1.165, 1.54) is 0 Å². The normalized spacial score (nSPS) is 15.2. The lowest BCUT2D eigenvalue weighted by molar-refractivity contribution is -0.117. The Morgan fingerprint density at radius 3 is 2.68 bits per heavy atom. The average Bonchev–Trinajstić information content (AvgIpc) is 2.37. The summed E-state index contributed by atoms with van der Waals surface area (Å²) in [5.41, 5.74) is 6.51. The van der Waals surface area contributed by atoms with E-state index in [-0.39, 0.29) is 5.91 Å². The molecule has 19 heavy (non-hydrogen) atoms. The Morgan fingerprint density at radius 2 is 2.00 bits per heavy atom. The van der Waals surface area contributed by atoms with Crippen molar-refractivity contribution in [1.82, 2.24) is 0 Å². The number of nitrogens with two attached hydrogens (primary N) is 1. The van der Waals surface area contributed by atoms with Gasteiger partial charge in [-0.1, -0.05) is 13.8 Å². The van der Waals surface area contributed by atoms with Gasteiger partial charge in [-0.2, -0.15) is 0 Å². The van der Waals surface area contributed by atoms with Crippen LogP contribution >= 0.6 is 0 Å². The highest BCUT2D eigenvalue weighted by molar-refractivity contribution is 5.94. The third-order valence-electron chi connectivity index (χ3n) is 2.87. The topological polar surface area (TPSA) is 73.6 Å². The second-order valence-corrected chi connectivity index (χ2v) is 5.08. The Kier molecular flexibility index (Phi) is 4.27. The zero-order valence-electron chi connectivity index (χ0n) is 11.3. The van der Waals surface area contributed by atoms with Gasteiger partial charge < -0.3 is 20.5 Å². The minimum absolute atomic E-state index is 0.176. The third kappa shape index (κ3) is 3.61. The molecule has 5 nitrogen and oxygen atoms in total. The van der Waals surface area contributed by atoms with E-state index < -0.39 is 6.04 Å². The third-order valence-corrected chi connectivity index (χ3v) is 2.87. The Hall–Kier alpha value is -1.75. The molecule has 2 rings (SSSR count). The van der Waals surface area contributed by atoms with Crippen molar-refractivity contribution < 1.29 is 14.3 Å². The van der Waals surface area contributed by atoms with E-state index in [0.717, 1.165) is 0 Å². The van der Waals surface area contributed by atoms with Crippen LogP contribution in [-0.2, 0) is 4.79 Å². The van der Waals surface area contributed by atoms with Crippen molar-refractivity contribution >= 4 is 11.6 Å². The van der Waals surface area contributed by atoms with E-state index in [1.54, 1.807) is 18.2 Å². The molecule has 1 aromatic rings. The van der Waals surface area contributed by atoms with Gasteiger partial charge in [0.1, 0.15) is 13.2 Å². The number of benzene rings is 1. The smallest absolute Gasteiger partial charge is 0.241 e. The molecule has 1 aliphatic rings. The summed E-state index contributed by atoms with van der Waals surface area (Å²) in [5, 5.41) is 2.80. The summed E-state index contributed by atoms with van der Waals surface area (Å²) in [6.07, 6.45) is 0.663. The molecule has 5 heteroatoms. The number of carbonyl (C=O) groups is 1. The van der Waals surface area contributed by atoms with E-state index in [2.05, 4.69) is 5.32 Å². The van der Waals surface area contributed by atoms with Gasteiger partial charge in [-0.05, 0) is 24.5 Å². The van der Waals surface area contributed by atoms with Crippen molar-refractivity contribution in [1.29, 1.82) is 0 Å². The zero-order valence-corrected chi connectivity index (χ0v) is 11.3. The number of hydrogen-bond acceptors (Lipinski definition) is 4. The SMILES string of the molecule is CC(C)C[C@@H](N)C(=O)Nc1ccc2c(c1)OCCO2. The molecule has 1 heterocycles. The van der Waals surface area contributed by atoms with E-state index in [0.29, 0.717) is 42.7 Å². The summed E-state index contributed by atoms with van der Waals surface area (Å²) in [5.74, 6) is 1.57. The van der Waals surface area contributed by atoms with Crippen LogP contribution in [0.1, 0.15) is 20.3 Å². The summed E-state index contributed by atoms with van der Waals surface area (Å²) in [6.45, 7) is 5.16. The highest BCUT2D eigenvalue weighted by atomic mass is 16.6. The first-order valence-electron chi connectivity index (χ1n) is 6.52. The molecule has 0 fully saturated rings. The monoisotopic (exact) mass is 264 g/mol. The lowest BCUT2D eigenvalue weighted by atomic mass is 10.0. The molecular weight excluding hydrogens is 244 g/mol. The molecule has 104 valence electrons. The second-order valence-electron chi connectivity index (χ2n) is 5.08. The Balaban J connectivity index is 2.01. The Bertz CT molecular complexity index is 460. The predicted octanol–water partition coefficient (Wildman–Crippen LogP) is 1.77. The number of nitrogens with one attached hydrogen (secondary N) is 1. The quantitative estimate of drug-likeness (QED) is 0.869. The lowest BCUT2D eigenvalue weighted by Gasteiger charge is -2.19. The van der Waals surface area contributed by atoms with Crippen molar-refractivity contribution in [2.75, 3.05) is 18.5 Å². The van der Waals surface area contributed by atoms with E-state index >= 15 is 0 Å². The van der Waals surface area contributed by atoms with Crippen LogP contribution in [0.4, 0.5) is 5.69 Å². The molecule has 0 unspecified atom stereocenters. The predicted molar refractivity (Wildman–Crippen MR) is 73.5 cm³/mol. The van der Waals surface area contributed by atoms with Crippen LogP contribution in [0.5, 0.6) is 11.5 Å². The molecule has 1 amide bonds. The van der Waals surface area contributed by atoms with Crippen LogP contribution in [0.25, 0.3) is 0 Å². The Morgan fingerprint density at radius 1 is 1.32 bits per heavy atom. The highest BCUT2D eigenvalue weighted by Crippen LogP contribution is 2.32. The van der Waals surface area contributed by atoms with Crippen molar-refractivity contribution in [3.63, 3.8) is 0 Å². The fraction of sp³-hybridized carbons (Fsp3) is 0.500. The number of fused-ring (bicyclic) bond motifs is 1. The van der Waals surface area contributed by atoms with E-state index in [4.69, 9.17) is 15.2 Å². The van der Waals surface area contributed by atoms with Crippen LogP contribution in [0.2, 0.25) is 0 Å². The van der Waals surface area contributed by atoms with Crippen molar-refractivity contribution in [3.8, 4) is 11.5 Å². The van der Waals surface area contributed by atoms with Gasteiger partial charge in [-0.3, -0.25) is 4.79 Å². The van der Waals surface area contributed by atoms with Crippen molar-refractivity contribution in [2.45, 2.75) is 26.3 Å². The summed E-state index contributed by atoms with van der Waals surface area (Å²) in [7, 11) is 0. The van der Waals surface area contributed by atoms with Gasteiger partial charge in [0.05, 0.1) is 6.04 Å². The van der Waals surface area contributed by atoms with Crippen molar-refractivity contribution in [3.05, 3.63) is 18.2 Å². The maximum Gasteiger partial charge on any atom is 0.241 e. The summed E-state index contributed by atoms with van der Waals surface area (Å²) in [6, 6.07) is 4.84. The van der Waals surface area contributed by atoms with Crippen LogP contribution in [0.15, 0.2) is 18.2 Å². The Labute approximate surface area is 113 Å². The second kappa shape index (κ2) is 5.93. The number of hydrogen-bond donors (Lipinski definition) is 2. The lowest BCUT2D eigenvalue weighted by Crippen LogP contribution is -2.36. The molecule has 1 aromatic carbocycles. The van der Waals surface area contributed by atoms with Gasteiger partial charge in [0, 0.05) is 11.8 Å². The van der Waals surface area contributed by atoms with Gasteiger partial charge in [-0.15, -0.1) is 0 Å². The van der Waals surface area contributed by atoms with Gasteiger partial charge in [0.2, 0.25) is 5.91 Å². The van der Waals surface area contributed by atoms with Gasteiger partial charge >= 0.3 is 0 Å². The summed E-state index contributed by atoms with van der Waals surface area (Å²) >= 11 is 0. The molecule has 1 atom stereocenters. The minimum atomic E-state index is -0.492. The zero-order chi connectivity index (χ0) is 13.8. The minimum Gasteiger partial charge on any atom is -0.486 e.